The molecule has 0 saturated heterocycles. The molecular formula is C23H21NO3. The summed E-state index contributed by atoms with van der Waals surface area (Å²) in [5.74, 6) is -0.765. The zero-order chi connectivity index (χ0) is 19.2. The van der Waals surface area contributed by atoms with Crippen LogP contribution in [0.5, 0.6) is 0 Å². The normalized spacial score (nSPS) is 11.5. The van der Waals surface area contributed by atoms with Gasteiger partial charge in [0.2, 0.25) is 5.78 Å². The van der Waals surface area contributed by atoms with Gasteiger partial charge in [-0.15, -0.1) is 0 Å². The Balaban J connectivity index is 1.74. The molecule has 0 fully saturated rings. The highest BCUT2D eigenvalue weighted by Crippen LogP contribution is 2.22. The average molecular weight is 359 g/mol. The van der Waals surface area contributed by atoms with Crippen LogP contribution in [0.1, 0.15) is 33.2 Å². The van der Waals surface area contributed by atoms with Crippen LogP contribution in [0.15, 0.2) is 78.9 Å². The number of esters is 1. The Morgan fingerprint density at radius 3 is 2.19 bits per heavy atom. The van der Waals surface area contributed by atoms with Gasteiger partial charge in [0.1, 0.15) is 0 Å². The SMILES string of the molecule is Cc1ccc(C(=O)[C@@H](C)OC(=O)c2ccccc2Nc2ccccc2)cc1. The molecule has 0 bridgehead atoms. The first-order valence-electron chi connectivity index (χ1n) is 8.77. The van der Waals surface area contributed by atoms with Gasteiger partial charge in [0.25, 0.3) is 0 Å². The van der Waals surface area contributed by atoms with Gasteiger partial charge in [0, 0.05) is 11.3 Å². The second kappa shape index (κ2) is 8.32. The van der Waals surface area contributed by atoms with E-state index in [1.807, 2.05) is 55.5 Å². The van der Waals surface area contributed by atoms with Crippen molar-refractivity contribution in [1.29, 1.82) is 0 Å². The summed E-state index contributed by atoms with van der Waals surface area (Å²) >= 11 is 0. The van der Waals surface area contributed by atoms with Crippen LogP contribution in [0.4, 0.5) is 11.4 Å². The van der Waals surface area contributed by atoms with Gasteiger partial charge in [-0.25, -0.2) is 4.79 Å². The van der Waals surface area contributed by atoms with E-state index in [9.17, 15) is 9.59 Å². The number of Topliss-reactive ketones (excluding diaryl/α,β-unsaturated/α-hetero) is 1. The summed E-state index contributed by atoms with van der Waals surface area (Å²) in [4.78, 5) is 25.1. The van der Waals surface area contributed by atoms with Crippen LogP contribution in [0.3, 0.4) is 0 Å². The smallest absolute Gasteiger partial charge is 0.340 e. The maximum Gasteiger partial charge on any atom is 0.340 e. The van der Waals surface area contributed by atoms with Crippen molar-refractivity contribution >= 4 is 23.1 Å². The summed E-state index contributed by atoms with van der Waals surface area (Å²) in [6.07, 6.45) is -0.870. The van der Waals surface area contributed by atoms with E-state index < -0.39 is 12.1 Å². The quantitative estimate of drug-likeness (QED) is 0.487. The number of rotatable bonds is 6. The van der Waals surface area contributed by atoms with Crippen molar-refractivity contribution in [3.8, 4) is 0 Å². The molecule has 0 unspecified atom stereocenters. The molecule has 3 aromatic carbocycles. The Kier molecular flexibility index (Phi) is 5.67. The minimum atomic E-state index is -0.870. The molecule has 0 heterocycles. The Morgan fingerprint density at radius 2 is 1.48 bits per heavy atom. The number of ketones is 1. The van der Waals surface area contributed by atoms with Gasteiger partial charge in [-0.1, -0.05) is 60.2 Å². The molecule has 0 aliphatic heterocycles. The maximum absolute atomic E-state index is 12.6. The van der Waals surface area contributed by atoms with Crippen molar-refractivity contribution in [1.82, 2.24) is 0 Å². The largest absolute Gasteiger partial charge is 0.451 e. The van der Waals surface area contributed by atoms with Crippen molar-refractivity contribution in [3.63, 3.8) is 0 Å². The lowest BCUT2D eigenvalue weighted by Crippen LogP contribution is -2.24. The lowest BCUT2D eigenvalue weighted by molar-refractivity contribution is 0.0320. The summed E-state index contributed by atoms with van der Waals surface area (Å²) in [5, 5.41) is 3.21. The molecule has 0 aliphatic carbocycles. The molecule has 136 valence electrons. The molecule has 3 aromatic rings. The highest BCUT2D eigenvalue weighted by molar-refractivity contribution is 6.02. The van der Waals surface area contributed by atoms with E-state index in [4.69, 9.17) is 4.74 Å². The molecule has 0 radical (unpaired) electrons. The number of nitrogens with one attached hydrogen (secondary N) is 1. The number of carbonyl (C=O) groups excluding carboxylic acids is 2. The fourth-order valence-corrected chi connectivity index (χ4v) is 2.68. The molecule has 27 heavy (non-hydrogen) atoms. The average Bonchev–Trinajstić information content (AvgIpc) is 2.69. The molecule has 0 aromatic heterocycles. The van der Waals surface area contributed by atoms with E-state index in [0.29, 0.717) is 16.8 Å². The summed E-state index contributed by atoms with van der Waals surface area (Å²) in [7, 11) is 0. The van der Waals surface area contributed by atoms with Gasteiger partial charge in [0.15, 0.2) is 6.10 Å². The van der Waals surface area contributed by atoms with Crippen LogP contribution >= 0.6 is 0 Å². The van der Waals surface area contributed by atoms with Crippen molar-refractivity contribution < 1.29 is 14.3 Å². The zero-order valence-corrected chi connectivity index (χ0v) is 15.3. The molecule has 4 heteroatoms. The van der Waals surface area contributed by atoms with Gasteiger partial charge >= 0.3 is 5.97 Å². The van der Waals surface area contributed by atoms with E-state index >= 15 is 0 Å². The van der Waals surface area contributed by atoms with Crippen LogP contribution < -0.4 is 5.32 Å². The molecule has 1 N–H and O–H groups in total. The lowest BCUT2D eigenvalue weighted by atomic mass is 10.1. The molecule has 0 amide bonds. The fourth-order valence-electron chi connectivity index (χ4n) is 2.68. The third-order valence-corrected chi connectivity index (χ3v) is 4.19. The van der Waals surface area contributed by atoms with E-state index in [0.717, 1.165) is 11.3 Å². The summed E-state index contributed by atoms with van der Waals surface area (Å²) in [5.41, 5.74) is 3.46. The standard InChI is InChI=1S/C23H21NO3/c1-16-12-14-18(15-13-16)22(25)17(2)27-23(26)20-10-6-7-11-21(20)24-19-8-4-3-5-9-19/h3-15,17,24H,1-2H3/t17-/m1/s1. The second-order valence-corrected chi connectivity index (χ2v) is 6.31. The topological polar surface area (TPSA) is 55.4 Å². The third kappa shape index (κ3) is 4.61. The van der Waals surface area contributed by atoms with Crippen molar-refractivity contribution in [3.05, 3.63) is 95.6 Å². The van der Waals surface area contributed by atoms with Crippen LogP contribution in [0.25, 0.3) is 0 Å². The van der Waals surface area contributed by atoms with Crippen molar-refractivity contribution in [2.24, 2.45) is 0 Å². The predicted octanol–water partition coefficient (Wildman–Crippen LogP) is 5.17. The number of aryl methyl sites for hydroxylation is 1. The fraction of sp³-hybridized carbons (Fsp3) is 0.130. The van der Waals surface area contributed by atoms with Gasteiger partial charge in [0.05, 0.1) is 11.3 Å². The summed E-state index contributed by atoms with van der Waals surface area (Å²) in [6, 6.07) is 23.8. The number of anilines is 2. The second-order valence-electron chi connectivity index (χ2n) is 6.31. The minimum absolute atomic E-state index is 0.225. The Morgan fingerprint density at radius 1 is 0.852 bits per heavy atom. The number of para-hydroxylation sites is 2. The van der Waals surface area contributed by atoms with Crippen LogP contribution in [-0.4, -0.2) is 17.9 Å². The molecule has 0 spiro atoms. The third-order valence-electron chi connectivity index (χ3n) is 4.19. The maximum atomic E-state index is 12.6. The number of hydrogen-bond donors (Lipinski definition) is 1. The van der Waals surface area contributed by atoms with Crippen LogP contribution in [-0.2, 0) is 4.74 Å². The van der Waals surface area contributed by atoms with Crippen molar-refractivity contribution in [2.75, 3.05) is 5.32 Å². The highest BCUT2D eigenvalue weighted by atomic mass is 16.5. The Bertz CT molecular complexity index is 933. The first-order valence-corrected chi connectivity index (χ1v) is 8.77. The first kappa shape index (κ1) is 18.4. The molecule has 0 saturated carbocycles. The van der Waals surface area contributed by atoms with Gasteiger partial charge < -0.3 is 10.1 Å². The van der Waals surface area contributed by atoms with E-state index in [1.54, 1.807) is 37.3 Å². The van der Waals surface area contributed by atoms with Crippen LogP contribution in [0.2, 0.25) is 0 Å². The van der Waals surface area contributed by atoms with E-state index in [2.05, 4.69) is 5.32 Å². The number of ether oxygens (including phenoxy) is 1. The van der Waals surface area contributed by atoms with E-state index in [-0.39, 0.29) is 5.78 Å². The Labute approximate surface area is 158 Å². The van der Waals surface area contributed by atoms with E-state index in [1.165, 1.54) is 0 Å². The number of benzene rings is 3. The number of hydrogen-bond acceptors (Lipinski definition) is 4. The van der Waals surface area contributed by atoms with Crippen molar-refractivity contribution in [2.45, 2.75) is 20.0 Å². The molecular weight excluding hydrogens is 338 g/mol. The molecule has 3 rings (SSSR count). The van der Waals surface area contributed by atoms with Gasteiger partial charge in [-0.05, 0) is 38.1 Å². The number of carbonyl (C=O) groups is 2. The van der Waals surface area contributed by atoms with Crippen LogP contribution in [0, 0.1) is 6.92 Å². The van der Waals surface area contributed by atoms with Gasteiger partial charge in [-0.2, -0.15) is 0 Å². The lowest BCUT2D eigenvalue weighted by Gasteiger charge is -2.15. The molecule has 0 aliphatic rings. The summed E-state index contributed by atoms with van der Waals surface area (Å²) < 4.78 is 5.43. The monoisotopic (exact) mass is 359 g/mol. The Hall–Kier alpha value is -3.40. The van der Waals surface area contributed by atoms with Gasteiger partial charge in [-0.3, -0.25) is 4.79 Å². The highest BCUT2D eigenvalue weighted by Gasteiger charge is 2.22. The first-order chi connectivity index (χ1) is 13.0. The zero-order valence-electron chi connectivity index (χ0n) is 15.3. The predicted molar refractivity (Wildman–Crippen MR) is 107 cm³/mol. The summed E-state index contributed by atoms with van der Waals surface area (Å²) in [6.45, 7) is 3.54. The minimum Gasteiger partial charge on any atom is -0.451 e. The molecule has 4 nitrogen and oxygen atoms in total. The molecule has 1 atom stereocenters.